The van der Waals surface area contributed by atoms with E-state index in [9.17, 15) is 0 Å². The Kier molecular flexibility index (Phi) is 4.43. The van der Waals surface area contributed by atoms with Crippen molar-refractivity contribution >= 4 is 42.6 Å². The van der Waals surface area contributed by atoms with Crippen LogP contribution >= 0.6 is 31.9 Å². The molecule has 0 radical (unpaired) electrons. The first-order valence-electron chi connectivity index (χ1n) is 6.80. The van der Waals surface area contributed by atoms with E-state index in [2.05, 4.69) is 97.8 Å². The Morgan fingerprint density at radius 1 is 0.857 bits per heavy atom. The molecule has 3 heteroatoms. The quantitative estimate of drug-likeness (QED) is 0.592. The minimum Gasteiger partial charge on any atom is -0.309 e. The van der Waals surface area contributed by atoms with Crippen LogP contribution in [0.1, 0.15) is 17.2 Å². The standard InChI is InChI=1S/C18H15Br2N/c1-21-18(13-9-14(19)11-15(20)10-13)17-8-4-6-12-5-2-3-7-16(12)17/h2-11,18,21H,1H3. The van der Waals surface area contributed by atoms with Crippen molar-refractivity contribution in [1.29, 1.82) is 0 Å². The highest BCUT2D eigenvalue weighted by molar-refractivity contribution is 9.11. The molecule has 0 bridgehead atoms. The Morgan fingerprint density at radius 2 is 1.52 bits per heavy atom. The number of halogens is 2. The molecule has 1 unspecified atom stereocenters. The fourth-order valence-electron chi connectivity index (χ4n) is 2.75. The zero-order chi connectivity index (χ0) is 14.8. The van der Waals surface area contributed by atoms with E-state index in [0.29, 0.717) is 0 Å². The number of benzene rings is 3. The van der Waals surface area contributed by atoms with Crippen LogP contribution in [0.2, 0.25) is 0 Å². The monoisotopic (exact) mass is 403 g/mol. The molecule has 0 saturated heterocycles. The van der Waals surface area contributed by atoms with Gasteiger partial charge in [0, 0.05) is 8.95 Å². The van der Waals surface area contributed by atoms with Gasteiger partial charge in [0.05, 0.1) is 6.04 Å². The van der Waals surface area contributed by atoms with Crippen LogP contribution in [0.15, 0.2) is 69.6 Å². The van der Waals surface area contributed by atoms with Gasteiger partial charge in [-0.1, -0.05) is 74.3 Å². The van der Waals surface area contributed by atoms with Gasteiger partial charge in [-0.05, 0) is 47.1 Å². The van der Waals surface area contributed by atoms with Crippen molar-refractivity contribution in [2.24, 2.45) is 0 Å². The summed E-state index contributed by atoms with van der Waals surface area (Å²) in [4.78, 5) is 0. The lowest BCUT2D eigenvalue weighted by molar-refractivity contribution is 0.696. The third-order valence-corrected chi connectivity index (χ3v) is 4.56. The van der Waals surface area contributed by atoms with Gasteiger partial charge in [-0.3, -0.25) is 0 Å². The minimum absolute atomic E-state index is 0.157. The van der Waals surface area contributed by atoms with Crippen molar-refractivity contribution in [1.82, 2.24) is 5.32 Å². The van der Waals surface area contributed by atoms with Crippen molar-refractivity contribution in [3.63, 3.8) is 0 Å². The van der Waals surface area contributed by atoms with Crippen molar-refractivity contribution in [2.75, 3.05) is 7.05 Å². The Balaban J connectivity index is 2.18. The molecule has 0 saturated carbocycles. The first-order valence-corrected chi connectivity index (χ1v) is 8.38. The number of nitrogens with one attached hydrogen (secondary N) is 1. The van der Waals surface area contributed by atoms with Gasteiger partial charge in [0.25, 0.3) is 0 Å². The average molecular weight is 405 g/mol. The van der Waals surface area contributed by atoms with E-state index in [1.54, 1.807) is 0 Å². The molecule has 0 heterocycles. The van der Waals surface area contributed by atoms with E-state index >= 15 is 0 Å². The number of hydrogen-bond acceptors (Lipinski definition) is 1. The first kappa shape index (κ1) is 14.8. The smallest absolute Gasteiger partial charge is 0.0581 e. The second-order valence-electron chi connectivity index (χ2n) is 4.99. The van der Waals surface area contributed by atoms with Crippen LogP contribution in [0.4, 0.5) is 0 Å². The topological polar surface area (TPSA) is 12.0 Å². The van der Waals surface area contributed by atoms with Crippen LogP contribution in [0.5, 0.6) is 0 Å². The summed E-state index contributed by atoms with van der Waals surface area (Å²) < 4.78 is 2.15. The van der Waals surface area contributed by atoms with E-state index < -0.39 is 0 Å². The zero-order valence-corrected chi connectivity index (χ0v) is 14.8. The molecule has 0 amide bonds. The molecule has 3 aromatic rings. The Morgan fingerprint density at radius 3 is 2.24 bits per heavy atom. The third kappa shape index (κ3) is 3.05. The minimum atomic E-state index is 0.157. The van der Waals surface area contributed by atoms with Crippen molar-refractivity contribution in [3.05, 3.63) is 80.7 Å². The van der Waals surface area contributed by atoms with E-state index in [1.165, 1.54) is 21.9 Å². The average Bonchev–Trinajstić information content (AvgIpc) is 2.47. The molecule has 0 aromatic heterocycles. The summed E-state index contributed by atoms with van der Waals surface area (Å²) >= 11 is 7.15. The number of fused-ring (bicyclic) bond motifs is 1. The lowest BCUT2D eigenvalue weighted by Gasteiger charge is -2.20. The molecular weight excluding hydrogens is 390 g/mol. The predicted molar refractivity (Wildman–Crippen MR) is 96.7 cm³/mol. The summed E-state index contributed by atoms with van der Waals surface area (Å²) in [5.41, 5.74) is 2.52. The lowest BCUT2D eigenvalue weighted by atomic mass is 9.94. The van der Waals surface area contributed by atoms with Crippen molar-refractivity contribution in [3.8, 4) is 0 Å². The third-order valence-electron chi connectivity index (χ3n) is 3.64. The van der Waals surface area contributed by atoms with Crippen LogP contribution in [0.25, 0.3) is 10.8 Å². The first-order chi connectivity index (χ1) is 10.2. The highest BCUT2D eigenvalue weighted by atomic mass is 79.9. The fraction of sp³-hybridized carbons (Fsp3) is 0.111. The number of rotatable bonds is 3. The molecule has 0 spiro atoms. The van der Waals surface area contributed by atoms with E-state index in [1.807, 2.05) is 7.05 Å². The van der Waals surface area contributed by atoms with Crippen LogP contribution in [-0.2, 0) is 0 Å². The Bertz CT molecular complexity index is 758. The van der Waals surface area contributed by atoms with Crippen LogP contribution < -0.4 is 5.32 Å². The molecule has 21 heavy (non-hydrogen) atoms. The second kappa shape index (κ2) is 6.30. The maximum Gasteiger partial charge on any atom is 0.0581 e. The largest absolute Gasteiger partial charge is 0.309 e. The Labute approximate surface area is 141 Å². The molecule has 0 fully saturated rings. The molecule has 3 rings (SSSR count). The SMILES string of the molecule is CNC(c1cc(Br)cc(Br)c1)c1cccc2ccccc12. The Hall–Kier alpha value is -1.16. The number of hydrogen-bond donors (Lipinski definition) is 1. The van der Waals surface area contributed by atoms with E-state index in [-0.39, 0.29) is 6.04 Å². The summed E-state index contributed by atoms with van der Waals surface area (Å²) in [6.07, 6.45) is 0. The van der Waals surface area contributed by atoms with Crippen LogP contribution in [-0.4, -0.2) is 7.05 Å². The summed E-state index contributed by atoms with van der Waals surface area (Å²) in [6, 6.07) is 21.5. The lowest BCUT2D eigenvalue weighted by Crippen LogP contribution is -2.18. The van der Waals surface area contributed by atoms with Gasteiger partial charge in [0.1, 0.15) is 0 Å². The van der Waals surface area contributed by atoms with Crippen molar-refractivity contribution in [2.45, 2.75) is 6.04 Å². The van der Waals surface area contributed by atoms with Crippen LogP contribution in [0.3, 0.4) is 0 Å². The van der Waals surface area contributed by atoms with Gasteiger partial charge in [-0.2, -0.15) is 0 Å². The molecule has 0 aliphatic rings. The summed E-state index contributed by atoms with van der Waals surface area (Å²) in [7, 11) is 2.00. The molecule has 106 valence electrons. The molecule has 1 atom stereocenters. The van der Waals surface area contributed by atoms with E-state index in [4.69, 9.17) is 0 Å². The fourth-order valence-corrected chi connectivity index (χ4v) is 4.07. The molecule has 1 N–H and O–H groups in total. The normalized spacial score (nSPS) is 12.5. The molecule has 0 aliphatic carbocycles. The van der Waals surface area contributed by atoms with E-state index in [0.717, 1.165) is 8.95 Å². The van der Waals surface area contributed by atoms with Gasteiger partial charge in [0.2, 0.25) is 0 Å². The maximum absolute atomic E-state index is 3.57. The van der Waals surface area contributed by atoms with Gasteiger partial charge >= 0.3 is 0 Å². The highest BCUT2D eigenvalue weighted by Gasteiger charge is 2.15. The van der Waals surface area contributed by atoms with Gasteiger partial charge in [-0.25, -0.2) is 0 Å². The summed E-state index contributed by atoms with van der Waals surface area (Å²) in [6.45, 7) is 0. The van der Waals surface area contributed by atoms with Gasteiger partial charge in [-0.15, -0.1) is 0 Å². The maximum atomic E-state index is 3.57. The second-order valence-corrected chi connectivity index (χ2v) is 6.82. The van der Waals surface area contributed by atoms with Gasteiger partial charge < -0.3 is 5.32 Å². The van der Waals surface area contributed by atoms with Gasteiger partial charge in [0.15, 0.2) is 0 Å². The van der Waals surface area contributed by atoms with Crippen LogP contribution in [0, 0.1) is 0 Å². The highest BCUT2D eigenvalue weighted by Crippen LogP contribution is 2.31. The molecule has 3 aromatic carbocycles. The molecule has 1 nitrogen and oxygen atoms in total. The van der Waals surface area contributed by atoms with Crippen molar-refractivity contribution < 1.29 is 0 Å². The zero-order valence-electron chi connectivity index (χ0n) is 11.6. The summed E-state index contributed by atoms with van der Waals surface area (Å²) in [5.74, 6) is 0. The molecule has 0 aliphatic heterocycles. The molecular formula is C18H15Br2N. The predicted octanol–water partition coefficient (Wildman–Crippen LogP) is 5.67. The summed E-state index contributed by atoms with van der Waals surface area (Å²) in [5, 5.41) is 5.99.